The van der Waals surface area contributed by atoms with Gasteiger partial charge < -0.3 is 9.47 Å². The highest BCUT2D eigenvalue weighted by Gasteiger charge is 2.10. The molecule has 2 aromatic rings. The Morgan fingerprint density at radius 1 is 1.07 bits per heavy atom. The summed E-state index contributed by atoms with van der Waals surface area (Å²) in [6, 6.07) is 12.4. The lowest BCUT2D eigenvalue weighted by Crippen LogP contribution is -2.43. The van der Waals surface area contributed by atoms with E-state index in [9.17, 15) is 9.59 Å². The molecule has 0 aliphatic heterocycles. The second-order valence-electron chi connectivity index (χ2n) is 6.10. The summed E-state index contributed by atoms with van der Waals surface area (Å²) in [6.45, 7) is 6.35. The van der Waals surface area contributed by atoms with Crippen molar-refractivity contribution in [1.82, 2.24) is 10.9 Å². The van der Waals surface area contributed by atoms with Crippen molar-refractivity contribution in [3.63, 3.8) is 0 Å². The minimum Gasteiger partial charge on any atom is -0.494 e. The fourth-order valence-electron chi connectivity index (χ4n) is 2.27. The number of benzene rings is 2. The van der Waals surface area contributed by atoms with Crippen LogP contribution in [0, 0.1) is 0 Å². The number of ether oxygens (including phenoxy) is 2. The average Bonchev–Trinajstić information content (AvgIpc) is 2.65. The first-order valence-electron chi connectivity index (χ1n) is 8.65. The van der Waals surface area contributed by atoms with Gasteiger partial charge in [-0.25, -0.2) is 0 Å². The Morgan fingerprint density at radius 3 is 2.52 bits per heavy atom. The zero-order chi connectivity index (χ0) is 19.8. The number of rotatable bonds is 7. The van der Waals surface area contributed by atoms with Crippen LogP contribution >= 0.6 is 15.9 Å². The molecule has 0 aliphatic rings. The van der Waals surface area contributed by atoms with Gasteiger partial charge in [0.25, 0.3) is 11.8 Å². The van der Waals surface area contributed by atoms with Gasteiger partial charge in [-0.05, 0) is 64.7 Å². The highest BCUT2D eigenvalue weighted by molar-refractivity contribution is 9.10. The van der Waals surface area contributed by atoms with Gasteiger partial charge in [-0.3, -0.25) is 20.4 Å². The monoisotopic (exact) mass is 434 g/mol. The number of hydrazine groups is 1. The van der Waals surface area contributed by atoms with Crippen molar-refractivity contribution < 1.29 is 19.1 Å². The predicted octanol–water partition coefficient (Wildman–Crippen LogP) is 3.81. The minimum absolute atomic E-state index is 0.223. The zero-order valence-corrected chi connectivity index (χ0v) is 17.1. The summed E-state index contributed by atoms with van der Waals surface area (Å²) in [5.41, 5.74) is 6.24. The summed E-state index contributed by atoms with van der Waals surface area (Å²) in [5, 5.41) is 0. The molecule has 0 bridgehead atoms. The maximum Gasteiger partial charge on any atom is 0.276 e. The van der Waals surface area contributed by atoms with Gasteiger partial charge in [0.05, 0.1) is 11.1 Å². The Hall–Kier alpha value is -2.54. The fourth-order valence-corrected chi connectivity index (χ4v) is 2.78. The van der Waals surface area contributed by atoms with Gasteiger partial charge in [0, 0.05) is 5.56 Å². The number of carbonyl (C=O) groups is 2. The fraction of sp³-hybridized carbons (Fsp3) is 0.300. The average molecular weight is 435 g/mol. The second kappa shape index (κ2) is 9.97. The molecule has 144 valence electrons. The number of halogens is 1. The summed E-state index contributed by atoms with van der Waals surface area (Å²) in [4.78, 5) is 24.0. The van der Waals surface area contributed by atoms with Crippen molar-refractivity contribution in [2.75, 3.05) is 13.2 Å². The summed E-state index contributed by atoms with van der Waals surface area (Å²) < 4.78 is 11.6. The van der Waals surface area contributed by atoms with Crippen molar-refractivity contribution in [2.45, 2.75) is 26.7 Å². The maximum atomic E-state index is 12.1. The Balaban J connectivity index is 1.84. The lowest BCUT2D eigenvalue weighted by molar-refractivity contribution is -0.123. The lowest BCUT2D eigenvalue weighted by atomic mass is 10.0. The highest BCUT2D eigenvalue weighted by Crippen LogP contribution is 2.28. The molecule has 7 heteroatoms. The normalized spacial score (nSPS) is 10.4. The van der Waals surface area contributed by atoms with E-state index in [1.54, 1.807) is 24.3 Å². The van der Waals surface area contributed by atoms with Crippen molar-refractivity contribution in [1.29, 1.82) is 0 Å². The molecule has 2 aromatic carbocycles. The SMILES string of the molecule is CCOc1cccc(C(=O)NNC(=O)COc2ccc(C(C)C)cc2Br)c1. The molecule has 2 N–H and O–H groups in total. The van der Waals surface area contributed by atoms with E-state index in [0.29, 0.717) is 29.6 Å². The van der Waals surface area contributed by atoms with Crippen molar-refractivity contribution in [3.05, 3.63) is 58.1 Å². The largest absolute Gasteiger partial charge is 0.494 e. The molecule has 0 radical (unpaired) electrons. The Labute approximate surface area is 167 Å². The number of hydrogen-bond acceptors (Lipinski definition) is 4. The molecule has 0 unspecified atom stereocenters. The summed E-state index contributed by atoms with van der Waals surface area (Å²) in [5.74, 6) is 0.645. The molecule has 0 saturated heterocycles. The standard InChI is InChI=1S/C20H23BrN2O4/c1-4-26-16-7-5-6-15(10-16)20(25)23-22-19(24)12-27-18-9-8-14(13(2)3)11-17(18)21/h5-11,13H,4,12H2,1-3H3,(H,22,24)(H,23,25). The van der Waals surface area contributed by atoms with E-state index in [1.165, 1.54) is 5.56 Å². The van der Waals surface area contributed by atoms with E-state index in [4.69, 9.17) is 9.47 Å². The van der Waals surface area contributed by atoms with E-state index in [2.05, 4.69) is 40.6 Å². The molecule has 0 aliphatic carbocycles. The van der Waals surface area contributed by atoms with Gasteiger partial charge in [-0.1, -0.05) is 26.0 Å². The zero-order valence-electron chi connectivity index (χ0n) is 15.5. The van der Waals surface area contributed by atoms with Crippen LogP contribution in [0.5, 0.6) is 11.5 Å². The van der Waals surface area contributed by atoms with E-state index >= 15 is 0 Å². The van der Waals surface area contributed by atoms with E-state index in [-0.39, 0.29) is 6.61 Å². The highest BCUT2D eigenvalue weighted by atomic mass is 79.9. The van der Waals surface area contributed by atoms with Gasteiger partial charge in [0.15, 0.2) is 6.61 Å². The van der Waals surface area contributed by atoms with Gasteiger partial charge >= 0.3 is 0 Å². The molecule has 0 spiro atoms. The van der Waals surface area contributed by atoms with Gasteiger partial charge in [-0.15, -0.1) is 0 Å². The third kappa shape index (κ3) is 6.29. The van der Waals surface area contributed by atoms with Crippen LogP contribution in [0.2, 0.25) is 0 Å². The van der Waals surface area contributed by atoms with E-state index < -0.39 is 11.8 Å². The first kappa shape index (κ1) is 20.8. The predicted molar refractivity (Wildman–Crippen MR) is 107 cm³/mol. The van der Waals surface area contributed by atoms with Crippen LogP contribution in [0.1, 0.15) is 42.6 Å². The molecular formula is C20H23BrN2O4. The minimum atomic E-state index is -0.468. The van der Waals surface area contributed by atoms with Gasteiger partial charge in [0.2, 0.25) is 0 Å². The van der Waals surface area contributed by atoms with Crippen LogP contribution in [-0.4, -0.2) is 25.0 Å². The summed E-state index contributed by atoms with van der Waals surface area (Å²) in [6.07, 6.45) is 0. The smallest absolute Gasteiger partial charge is 0.276 e. The van der Waals surface area contributed by atoms with Crippen molar-refractivity contribution >= 4 is 27.7 Å². The first-order chi connectivity index (χ1) is 12.9. The van der Waals surface area contributed by atoms with Gasteiger partial charge in [0.1, 0.15) is 11.5 Å². The molecule has 0 saturated carbocycles. The van der Waals surface area contributed by atoms with Crippen LogP contribution in [0.3, 0.4) is 0 Å². The van der Waals surface area contributed by atoms with Crippen molar-refractivity contribution in [2.24, 2.45) is 0 Å². The molecule has 0 atom stereocenters. The Morgan fingerprint density at radius 2 is 1.85 bits per heavy atom. The molecule has 2 amide bonds. The van der Waals surface area contributed by atoms with Gasteiger partial charge in [-0.2, -0.15) is 0 Å². The van der Waals surface area contributed by atoms with Crippen LogP contribution in [0.25, 0.3) is 0 Å². The van der Waals surface area contributed by atoms with Crippen LogP contribution in [0.15, 0.2) is 46.9 Å². The topological polar surface area (TPSA) is 76.7 Å². The molecule has 6 nitrogen and oxygen atoms in total. The van der Waals surface area contributed by atoms with E-state index in [0.717, 1.165) is 4.47 Å². The van der Waals surface area contributed by atoms with Crippen LogP contribution < -0.4 is 20.3 Å². The molecule has 2 rings (SSSR count). The van der Waals surface area contributed by atoms with Crippen LogP contribution in [-0.2, 0) is 4.79 Å². The number of carbonyl (C=O) groups excluding carboxylic acids is 2. The Bertz CT molecular complexity index is 808. The molecule has 0 fully saturated rings. The molecule has 0 aromatic heterocycles. The lowest BCUT2D eigenvalue weighted by Gasteiger charge is -2.12. The maximum absolute atomic E-state index is 12.1. The first-order valence-corrected chi connectivity index (χ1v) is 9.44. The summed E-state index contributed by atoms with van der Waals surface area (Å²) >= 11 is 3.44. The molecule has 27 heavy (non-hydrogen) atoms. The quantitative estimate of drug-likeness (QED) is 0.649. The van der Waals surface area contributed by atoms with E-state index in [1.807, 2.05) is 25.1 Å². The second-order valence-corrected chi connectivity index (χ2v) is 6.95. The molecule has 0 heterocycles. The van der Waals surface area contributed by atoms with Crippen LogP contribution in [0.4, 0.5) is 0 Å². The number of hydrogen-bond donors (Lipinski definition) is 2. The third-order valence-corrected chi connectivity index (χ3v) is 4.32. The third-order valence-electron chi connectivity index (χ3n) is 3.70. The Kier molecular flexibility index (Phi) is 7.67. The number of amides is 2. The summed E-state index contributed by atoms with van der Waals surface area (Å²) in [7, 11) is 0. The number of nitrogens with one attached hydrogen (secondary N) is 2. The van der Waals surface area contributed by atoms with Crippen molar-refractivity contribution in [3.8, 4) is 11.5 Å². The molecular weight excluding hydrogens is 412 g/mol.